The molecule has 0 atom stereocenters. The quantitative estimate of drug-likeness (QED) is 0.896. The molecule has 1 aliphatic heterocycles. The number of carbonyl (C=O) groups is 2. The van der Waals surface area contributed by atoms with Gasteiger partial charge in [0.05, 0.1) is 0 Å². The normalized spacial score (nSPS) is 18.7. The predicted octanol–water partition coefficient (Wildman–Crippen LogP) is 1.49. The molecular formula is C18H25N3O2. The average molecular weight is 315 g/mol. The van der Waals surface area contributed by atoms with Crippen LogP contribution in [-0.4, -0.2) is 54.3 Å². The second kappa shape index (κ2) is 7.13. The van der Waals surface area contributed by atoms with Crippen molar-refractivity contribution in [2.45, 2.75) is 26.3 Å². The van der Waals surface area contributed by atoms with Crippen LogP contribution in [-0.2, 0) is 11.3 Å². The summed E-state index contributed by atoms with van der Waals surface area (Å²) in [6.45, 7) is 7.24. The number of likely N-dealkylation sites (N-methyl/N-ethyl adjacent to an activating group) is 1. The molecule has 23 heavy (non-hydrogen) atoms. The van der Waals surface area contributed by atoms with Crippen molar-refractivity contribution >= 4 is 11.8 Å². The summed E-state index contributed by atoms with van der Waals surface area (Å²) in [6, 6.07) is 7.60. The van der Waals surface area contributed by atoms with Crippen molar-refractivity contribution in [2.24, 2.45) is 5.92 Å². The fourth-order valence-electron chi connectivity index (χ4n) is 2.89. The van der Waals surface area contributed by atoms with Gasteiger partial charge in [0.25, 0.3) is 5.91 Å². The van der Waals surface area contributed by atoms with E-state index in [1.54, 1.807) is 0 Å². The van der Waals surface area contributed by atoms with Crippen molar-refractivity contribution in [1.29, 1.82) is 0 Å². The fraction of sp³-hybridized carbons (Fsp3) is 0.556. The lowest BCUT2D eigenvalue weighted by Gasteiger charge is -2.34. The molecule has 1 saturated heterocycles. The van der Waals surface area contributed by atoms with Crippen molar-refractivity contribution in [2.75, 3.05) is 32.7 Å². The van der Waals surface area contributed by atoms with Gasteiger partial charge in [-0.05, 0) is 37.1 Å². The molecular weight excluding hydrogens is 290 g/mol. The molecule has 3 rings (SSSR count). The second-order valence-electron chi connectivity index (χ2n) is 6.42. The summed E-state index contributed by atoms with van der Waals surface area (Å²) in [6.07, 6.45) is 2.04. The zero-order chi connectivity index (χ0) is 16.2. The van der Waals surface area contributed by atoms with E-state index < -0.39 is 0 Å². The van der Waals surface area contributed by atoms with Crippen LogP contribution in [0.4, 0.5) is 0 Å². The summed E-state index contributed by atoms with van der Waals surface area (Å²) < 4.78 is 0. The molecule has 0 unspecified atom stereocenters. The van der Waals surface area contributed by atoms with Crippen molar-refractivity contribution in [1.82, 2.24) is 15.1 Å². The summed E-state index contributed by atoms with van der Waals surface area (Å²) in [5.41, 5.74) is 1.76. The van der Waals surface area contributed by atoms with E-state index >= 15 is 0 Å². The van der Waals surface area contributed by atoms with Gasteiger partial charge >= 0.3 is 0 Å². The number of nitrogens with zero attached hydrogens (tertiary/aromatic N) is 2. The lowest BCUT2D eigenvalue weighted by molar-refractivity contribution is -0.122. The number of piperazine rings is 1. The molecule has 5 nitrogen and oxygen atoms in total. The first-order chi connectivity index (χ1) is 11.2. The maximum absolute atomic E-state index is 12.5. The van der Waals surface area contributed by atoms with Gasteiger partial charge < -0.3 is 15.1 Å². The van der Waals surface area contributed by atoms with E-state index in [2.05, 4.69) is 17.1 Å². The summed E-state index contributed by atoms with van der Waals surface area (Å²) in [7, 11) is 0. The van der Waals surface area contributed by atoms with Gasteiger partial charge in [-0.1, -0.05) is 19.1 Å². The third-order valence-corrected chi connectivity index (χ3v) is 4.72. The lowest BCUT2D eigenvalue weighted by Crippen LogP contribution is -2.48. The molecule has 5 heteroatoms. The lowest BCUT2D eigenvalue weighted by atomic mass is 10.1. The largest absolute Gasteiger partial charge is 0.352 e. The first-order valence-electron chi connectivity index (χ1n) is 8.55. The minimum atomic E-state index is 0.106. The molecule has 1 aromatic rings. The van der Waals surface area contributed by atoms with Crippen LogP contribution in [0.2, 0.25) is 0 Å². The molecule has 0 spiro atoms. The van der Waals surface area contributed by atoms with Crippen LogP contribution >= 0.6 is 0 Å². The van der Waals surface area contributed by atoms with E-state index in [1.807, 2.05) is 29.2 Å². The highest BCUT2D eigenvalue weighted by Gasteiger charge is 2.29. The van der Waals surface area contributed by atoms with Crippen LogP contribution in [0.5, 0.6) is 0 Å². The Bertz CT molecular complexity index is 558. The highest BCUT2D eigenvalue weighted by atomic mass is 16.2. The van der Waals surface area contributed by atoms with Crippen LogP contribution in [0.1, 0.15) is 35.7 Å². The number of rotatable bonds is 5. The van der Waals surface area contributed by atoms with Crippen molar-refractivity contribution in [3.05, 3.63) is 35.4 Å². The van der Waals surface area contributed by atoms with Gasteiger partial charge in [0, 0.05) is 44.2 Å². The third kappa shape index (κ3) is 4.10. The second-order valence-corrected chi connectivity index (χ2v) is 6.42. The molecule has 1 heterocycles. The monoisotopic (exact) mass is 315 g/mol. The first-order valence-corrected chi connectivity index (χ1v) is 8.55. The highest BCUT2D eigenvalue weighted by molar-refractivity contribution is 5.94. The summed E-state index contributed by atoms with van der Waals surface area (Å²) in [4.78, 5) is 28.4. The Morgan fingerprint density at radius 1 is 1.09 bits per heavy atom. The minimum absolute atomic E-state index is 0.106. The first kappa shape index (κ1) is 16.0. The Hall–Kier alpha value is -1.88. The summed E-state index contributed by atoms with van der Waals surface area (Å²) in [5, 5.41) is 2.94. The van der Waals surface area contributed by atoms with E-state index in [-0.39, 0.29) is 17.7 Å². The van der Waals surface area contributed by atoms with Crippen LogP contribution in [0.25, 0.3) is 0 Å². The molecule has 124 valence electrons. The SMILES string of the molecule is CCN1CCN(C(=O)c2ccc(CNC(=O)C3CC3)cc2)CC1. The molecule has 2 fully saturated rings. The van der Waals surface area contributed by atoms with E-state index in [1.165, 1.54) is 0 Å². The van der Waals surface area contributed by atoms with Gasteiger partial charge in [-0.25, -0.2) is 0 Å². The molecule has 1 aromatic carbocycles. The fourth-order valence-corrected chi connectivity index (χ4v) is 2.89. The van der Waals surface area contributed by atoms with E-state index in [0.717, 1.165) is 56.7 Å². The number of benzene rings is 1. The molecule has 1 N–H and O–H groups in total. The van der Waals surface area contributed by atoms with E-state index in [4.69, 9.17) is 0 Å². The molecule has 1 saturated carbocycles. The Balaban J connectivity index is 1.52. The zero-order valence-electron chi connectivity index (χ0n) is 13.8. The number of carbonyl (C=O) groups excluding carboxylic acids is 2. The van der Waals surface area contributed by atoms with E-state index in [9.17, 15) is 9.59 Å². The third-order valence-electron chi connectivity index (χ3n) is 4.72. The summed E-state index contributed by atoms with van der Waals surface area (Å²) in [5.74, 6) is 0.492. The molecule has 0 radical (unpaired) electrons. The Kier molecular flexibility index (Phi) is 4.96. The number of hydrogen-bond donors (Lipinski definition) is 1. The van der Waals surface area contributed by atoms with Crippen LogP contribution < -0.4 is 5.32 Å². The average Bonchev–Trinajstić information content (AvgIpc) is 3.45. The molecule has 0 bridgehead atoms. The standard InChI is InChI=1S/C18H25N3O2/c1-2-20-9-11-21(12-10-20)18(23)16-5-3-14(4-6-16)13-19-17(22)15-7-8-15/h3-6,15H,2,7-13H2,1H3,(H,19,22). The Morgan fingerprint density at radius 2 is 1.74 bits per heavy atom. The van der Waals surface area contributed by atoms with Gasteiger partial charge in [0.1, 0.15) is 0 Å². The van der Waals surface area contributed by atoms with Gasteiger partial charge in [-0.2, -0.15) is 0 Å². The molecule has 2 amide bonds. The zero-order valence-corrected chi connectivity index (χ0v) is 13.8. The van der Waals surface area contributed by atoms with Crippen molar-refractivity contribution < 1.29 is 9.59 Å². The number of hydrogen-bond acceptors (Lipinski definition) is 3. The highest BCUT2D eigenvalue weighted by Crippen LogP contribution is 2.28. The van der Waals surface area contributed by atoms with Crippen LogP contribution in [0.15, 0.2) is 24.3 Å². The summed E-state index contributed by atoms with van der Waals surface area (Å²) >= 11 is 0. The van der Waals surface area contributed by atoms with Gasteiger partial charge in [0.2, 0.25) is 5.91 Å². The topological polar surface area (TPSA) is 52.6 Å². The van der Waals surface area contributed by atoms with Crippen molar-refractivity contribution in [3.63, 3.8) is 0 Å². The predicted molar refractivity (Wildman–Crippen MR) is 89.0 cm³/mol. The van der Waals surface area contributed by atoms with Gasteiger partial charge in [0.15, 0.2) is 0 Å². The maximum atomic E-state index is 12.5. The van der Waals surface area contributed by atoms with Gasteiger partial charge in [-0.15, -0.1) is 0 Å². The maximum Gasteiger partial charge on any atom is 0.253 e. The number of amides is 2. The smallest absolute Gasteiger partial charge is 0.253 e. The van der Waals surface area contributed by atoms with E-state index in [0.29, 0.717) is 6.54 Å². The Morgan fingerprint density at radius 3 is 2.30 bits per heavy atom. The molecule has 0 aromatic heterocycles. The molecule has 2 aliphatic rings. The van der Waals surface area contributed by atoms with Crippen LogP contribution in [0.3, 0.4) is 0 Å². The van der Waals surface area contributed by atoms with Crippen molar-refractivity contribution in [3.8, 4) is 0 Å². The van der Waals surface area contributed by atoms with Crippen LogP contribution in [0, 0.1) is 5.92 Å². The molecule has 1 aliphatic carbocycles. The number of nitrogens with one attached hydrogen (secondary N) is 1. The van der Waals surface area contributed by atoms with Gasteiger partial charge in [-0.3, -0.25) is 9.59 Å². The Labute approximate surface area is 137 Å². The minimum Gasteiger partial charge on any atom is -0.352 e.